The van der Waals surface area contributed by atoms with E-state index in [0.29, 0.717) is 23.5 Å². The largest absolute Gasteiger partial charge is 0.499 e. The zero-order valence-electron chi connectivity index (χ0n) is 20.2. The molecule has 0 amide bonds. The first kappa shape index (κ1) is 24.9. The van der Waals surface area contributed by atoms with E-state index in [1.807, 2.05) is 54.6 Å². The zero-order chi connectivity index (χ0) is 25.0. The molecule has 0 radical (unpaired) electrons. The Balaban J connectivity index is 1.72. The van der Waals surface area contributed by atoms with E-state index in [2.05, 4.69) is 18.7 Å². The van der Waals surface area contributed by atoms with Gasteiger partial charge in [0, 0.05) is 12.1 Å². The first-order valence-corrected chi connectivity index (χ1v) is 11.9. The fourth-order valence-corrected chi connectivity index (χ4v) is 4.66. The topological polar surface area (TPSA) is 21.7 Å². The van der Waals surface area contributed by atoms with E-state index in [1.165, 1.54) is 6.07 Å². The van der Waals surface area contributed by atoms with Gasteiger partial charge in [-0.1, -0.05) is 62.4 Å². The van der Waals surface area contributed by atoms with Crippen molar-refractivity contribution in [3.8, 4) is 5.75 Å². The number of fused-ring (bicyclic) bond motifs is 1. The molecule has 1 aliphatic carbocycles. The van der Waals surface area contributed by atoms with Crippen LogP contribution in [-0.2, 0) is 10.9 Å². The summed E-state index contributed by atoms with van der Waals surface area (Å²) in [7, 11) is 1.58. The Morgan fingerprint density at radius 2 is 1.57 bits per heavy atom. The normalized spacial score (nSPS) is 15.5. The Hall–Kier alpha value is -3.25. The van der Waals surface area contributed by atoms with Crippen molar-refractivity contribution in [3.05, 3.63) is 106 Å². The van der Waals surface area contributed by atoms with Crippen LogP contribution in [0.2, 0.25) is 0 Å². The van der Waals surface area contributed by atoms with Gasteiger partial charge in [-0.3, -0.25) is 0 Å². The molecule has 0 spiro atoms. The average molecular weight is 482 g/mol. The molecular formula is C29H30F3NO2. The van der Waals surface area contributed by atoms with Crippen LogP contribution >= 0.6 is 0 Å². The molecule has 35 heavy (non-hydrogen) atoms. The summed E-state index contributed by atoms with van der Waals surface area (Å²) < 4.78 is 52.5. The number of allylic oxidation sites excluding steroid dienone is 1. The van der Waals surface area contributed by atoms with Gasteiger partial charge in [-0.05, 0) is 59.6 Å². The van der Waals surface area contributed by atoms with Gasteiger partial charge in [0.2, 0.25) is 0 Å². The Morgan fingerprint density at radius 1 is 0.886 bits per heavy atom. The Kier molecular flexibility index (Phi) is 7.51. The minimum atomic E-state index is -4.43. The molecule has 0 aliphatic heterocycles. The highest BCUT2D eigenvalue weighted by Gasteiger charge is 2.38. The van der Waals surface area contributed by atoms with E-state index in [9.17, 15) is 13.2 Å². The van der Waals surface area contributed by atoms with E-state index in [-0.39, 0.29) is 5.92 Å². The van der Waals surface area contributed by atoms with Gasteiger partial charge in [-0.2, -0.15) is 13.2 Å². The first-order valence-electron chi connectivity index (χ1n) is 11.9. The van der Waals surface area contributed by atoms with E-state index in [1.54, 1.807) is 13.2 Å². The van der Waals surface area contributed by atoms with Crippen LogP contribution in [0.15, 0.2) is 78.6 Å². The maximum Gasteiger partial charge on any atom is 0.416 e. The number of halogens is 3. The number of methoxy groups -OCH3 is 1. The number of nitrogens with zero attached hydrogens (tertiary/aromatic N) is 1. The molecular weight excluding hydrogens is 451 g/mol. The maximum absolute atomic E-state index is 13.6. The summed E-state index contributed by atoms with van der Waals surface area (Å²) in [5.74, 6) is 1.08. The van der Waals surface area contributed by atoms with Gasteiger partial charge in [-0.25, -0.2) is 0 Å². The van der Waals surface area contributed by atoms with Crippen LogP contribution in [0.3, 0.4) is 0 Å². The van der Waals surface area contributed by atoms with Crippen molar-refractivity contribution in [3.63, 3.8) is 0 Å². The monoisotopic (exact) mass is 481 g/mol. The number of rotatable bonds is 9. The number of benzene rings is 3. The standard InChI is InChI=1S/C29H30F3NO2/c1-4-33(5-2)17-18-35-23-14-11-21(12-15-23)27-25-19-22(29(30,31)32)13-16-24(25)26(28(27)34-3)20-9-7-6-8-10-20/h6-16,19,26H,4-5,17-18H2,1-3H3. The van der Waals surface area contributed by atoms with Crippen molar-refractivity contribution in [2.24, 2.45) is 0 Å². The Labute approximate surface area is 204 Å². The smallest absolute Gasteiger partial charge is 0.416 e. The minimum Gasteiger partial charge on any atom is -0.499 e. The lowest BCUT2D eigenvalue weighted by Crippen LogP contribution is -2.27. The Bertz CT molecular complexity index is 1170. The summed E-state index contributed by atoms with van der Waals surface area (Å²) in [5.41, 5.74) is 3.11. The summed E-state index contributed by atoms with van der Waals surface area (Å²) in [6.45, 7) is 7.57. The number of alkyl halides is 3. The van der Waals surface area contributed by atoms with Crippen LogP contribution in [0.5, 0.6) is 5.75 Å². The zero-order valence-corrected chi connectivity index (χ0v) is 20.2. The van der Waals surface area contributed by atoms with Crippen molar-refractivity contribution >= 4 is 5.57 Å². The van der Waals surface area contributed by atoms with Crippen molar-refractivity contribution in [2.75, 3.05) is 33.4 Å². The lowest BCUT2D eigenvalue weighted by molar-refractivity contribution is -0.137. The second kappa shape index (κ2) is 10.6. The molecule has 3 nitrogen and oxygen atoms in total. The van der Waals surface area contributed by atoms with Gasteiger partial charge in [0.25, 0.3) is 0 Å². The number of hydrogen-bond donors (Lipinski definition) is 0. The van der Waals surface area contributed by atoms with Gasteiger partial charge < -0.3 is 14.4 Å². The second-order valence-corrected chi connectivity index (χ2v) is 8.49. The predicted molar refractivity (Wildman–Crippen MR) is 132 cm³/mol. The lowest BCUT2D eigenvalue weighted by atomic mass is 9.91. The molecule has 3 aromatic carbocycles. The van der Waals surface area contributed by atoms with E-state index < -0.39 is 11.7 Å². The molecule has 184 valence electrons. The SMILES string of the molecule is CCN(CC)CCOc1ccc(C2=C(OC)C(c3ccccc3)c3ccc(C(F)(F)F)cc32)cc1. The molecule has 0 heterocycles. The molecule has 0 saturated carbocycles. The van der Waals surface area contributed by atoms with Gasteiger partial charge in [0.1, 0.15) is 18.1 Å². The molecule has 3 aromatic rings. The molecule has 1 aliphatic rings. The van der Waals surface area contributed by atoms with Gasteiger partial charge >= 0.3 is 6.18 Å². The van der Waals surface area contributed by atoms with Crippen LogP contribution < -0.4 is 4.74 Å². The third kappa shape index (κ3) is 5.22. The highest BCUT2D eigenvalue weighted by molar-refractivity contribution is 5.89. The quantitative estimate of drug-likeness (QED) is 0.329. The predicted octanol–water partition coefficient (Wildman–Crippen LogP) is 6.98. The minimum absolute atomic E-state index is 0.279. The molecule has 1 atom stereocenters. The summed E-state index contributed by atoms with van der Waals surface area (Å²) in [4.78, 5) is 2.28. The summed E-state index contributed by atoms with van der Waals surface area (Å²) >= 11 is 0. The van der Waals surface area contributed by atoms with Crippen molar-refractivity contribution in [1.29, 1.82) is 0 Å². The molecule has 6 heteroatoms. The lowest BCUT2D eigenvalue weighted by Gasteiger charge is -2.18. The van der Waals surface area contributed by atoms with Crippen molar-refractivity contribution in [2.45, 2.75) is 25.9 Å². The van der Waals surface area contributed by atoms with Gasteiger partial charge in [0.15, 0.2) is 0 Å². The molecule has 0 aromatic heterocycles. The molecule has 0 saturated heterocycles. The van der Waals surface area contributed by atoms with Gasteiger partial charge in [0.05, 0.1) is 18.6 Å². The van der Waals surface area contributed by atoms with Crippen LogP contribution in [0, 0.1) is 0 Å². The number of likely N-dealkylation sites (N-methyl/N-ethyl adjacent to an activating group) is 1. The highest BCUT2D eigenvalue weighted by Crippen LogP contribution is 2.49. The number of ether oxygens (including phenoxy) is 2. The summed E-state index contributed by atoms with van der Waals surface area (Å²) in [6, 6.07) is 21.2. The fourth-order valence-electron chi connectivity index (χ4n) is 4.66. The Morgan fingerprint density at radius 3 is 2.17 bits per heavy atom. The fraction of sp³-hybridized carbons (Fsp3) is 0.310. The maximum atomic E-state index is 13.6. The van der Waals surface area contributed by atoms with Crippen molar-refractivity contribution in [1.82, 2.24) is 4.90 Å². The highest BCUT2D eigenvalue weighted by atomic mass is 19.4. The van der Waals surface area contributed by atoms with Crippen LogP contribution in [0.25, 0.3) is 5.57 Å². The van der Waals surface area contributed by atoms with E-state index >= 15 is 0 Å². The molecule has 4 rings (SSSR count). The first-order chi connectivity index (χ1) is 16.9. The second-order valence-electron chi connectivity index (χ2n) is 8.49. The number of hydrogen-bond acceptors (Lipinski definition) is 3. The van der Waals surface area contributed by atoms with Gasteiger partial charge in [-0.15, -0.1) is 0 Å². The average Bonchev–Trinajstić information content (AvgIpc) is 3.20. The third-order valence-corrected chi connectivity index (χ3v) is 6.54. The van der Waals surface area contributed by atoms with Crippen LogP contribution in [-0.4, -0.2) is 38.3 Å². The molecule has 0 bridgehead atoms. The summed E-state index contributed by atoms with van der Waals surface area (Å²) in [5, 5.41) is 0. The molecule has 0 N–H and O–H groups in total. The van der Waals surface area contributed by atoms with E-state index in [0.717, 1.165) is 48.1 Å². The third-order valence-electron chi connectivity index (χ3n) is 6.54. The van der Waals surface area contributed by atoms with E-state index in [4.69, 9.17) is 9.47 Å². The molecule has 1 unspecified atom stereocenters. The van der Waals surface area contributed by atoms with Crippen molar-refractivity contribution < 1.29 is 22.6 Å². The summed E-state index contributed by atoms with van der Waals surface area (Å²) in [6.07, 6.45) is -4.43. The van der Waals surface area contributed by atoms with Crippen LogP contribution in [0.4, 0.5) is 13.2 Å². The molecule has 0 fully saturated rings. The van der Waals surface area contributed by atoms with Crippen LogP contribution in [0.1, 0.15) is 47.6 Å².